The third-order valence-electron chi connectivity index (χ3n) is 2.21. The summed E-state index contributed by atoms with van der Waals surface area (Å²) in [6.45, 7) is 0.660. The summed E-state index contributed by atoms with van der Waals surface area (Å²) in [7, 11) is 0. The minimum Gasteiger partial charge on any atom is -0.484 e. The summed E-state index contributed by atoms with van der Waals surface area (Å²) in [5, 5.41) is 0. The number of halogens is 3. The molecule has 1 aromatic carbocycles. The summed E-state index contributed by atoms with van der Waals surface area (Å²) in [6, 6.07) is 6.73. The van der Waals surface area contributed by atoms with Crippen molar-refractivity contribution >= 4 is 0 Å². The van der Waals surface area contributed by atoms with Gasteiger partial charge in [0.2, 0.25) is 0 Å². The van der Waals surface area contributed by atoms with E-state index >= 15 is 0 Å². The van der Waals surface area contributed by atoms with Crippen LogP contribution in [-0.2, 0) is 6.42 Å². The van der Waals surface area contributed by atoms with Crippen LogP contribution in [0.1, 0.15) is 18.9 Å². The van der Waals surface area contributed by atoms with Gasteiger partial charge in [-0.1, -0.05) is 12.1 Å². The van der Waals surface area contributed by atoms with E-state index in [1.165, 1.54) is 0 Å². The Hall–Kier alpha value is -1.23. The van der Waals surface area contributed by atoms with Crippen LogP contribution in [-0.4, -0.2) is 18.8 Å². The molecule has 0 aliphatic rings. The van der Waals surface area contributed by atoms with Crippen LogP contribution in [0.3, 0.4) is 0 Å². The van der Waals surface area contributed by atoms with Crippen molar-refractivity contribution in [2.24, 2.45) is 5.73 Å². The van der Waals surface area contributed by atoms with Gasteiger partial charge in [-0.25, -0.2) is 0 Å². The molecule has 1 atom stereocenters. The van der Waals surface area contributed by atoms with E-state index in [9.17, 15) is 13.2 Å². The number of nitrogens with two attached hydrogens (primary N) is 1. The molecule has 0 aliphatic heterocycles. The Morgan fingerprint density at radius 1 is 1.24 bits per heavy atom. The molecule has 1 aromatic rings. The van der Waals surface area contributed by atoms with Gasteiger partial charge in [0.1, 0.15) is 5.75 Å². The molecule has 96 valence electrons. The predicted molar refractivity (Wildman–Crippen MR) is 60.0 cm³/mol. The van der Waals surface area contributed by atoms with E-state index < -0.39 is 12.8 Å². The minimum atomic E-state index is -4.30. The summed E-state index contributed by atoms with van der Waals surface area (Å²) in [5.74, 6) is 0.229. The number of hydrogen-bond acceptors (Lipinski definition) is 2. The van der Waals surface area contributed by atoms with E-state index in [4.69, 9.17) is 5.73 Å². The van der Waals surface area contributed by atoms with Crippen molar-refractivity contribution in [2.45, 2.75) is 32.0 Å². The molecule has 17 heavy (non-hydrogen) atoms. The van der Waals surface area contributed by atoms with Crippen LogP contribution in [0.2, 0.25) is 0 Å². The maximum absolute atomic E-state index is 11.9. The van der Waals surface area contributed by atoms with Crippen molar-refractivity contribution in [1.82, 2.24) is 0 Å². The normalized spacial score (nSPS) is 13.5. The number of alkyl halides is 3. The average molecular weight is 247 g/mol. The zero-order chi connectivity index (χ0) is 12.9. The molecule has 1 rings (SSSR count). The SMILES string of the molecule is CC(N)CCc1ccc(OCC(F)(F)F)cc1. The van der Waals surface area contributed by atoms with Crippen LogP contribution in [0, 0.1) is 0 Å². The quantitative estimate of drug-likeness (QED) is 0.868. The Kier molecular flexibility index (Phi) is 4.81. The summed E-state index contributed by atoms with van der Waals surface area (Å²) in [5.41, 5.74) is 6.66. The maximum atomic E-state index is 11.9. The molecular weight excluding hydrogens is 231 g/mol. The molecule has 0 heterocycles. The second kappa shape index (κ2) is 5.91. The molecule has 0 saturated carbocycles. The van der Waals surface area contributed by atoms with Crippen LogP contribution in [0.25, 0.3) is 0 Å². The number of hydrogen-bond donors (Lipinski definition) is 1. The largest absolute Gasteiger partial charge is 0.484 e. The van der Waals surface area contributed by atoms with Gasteiger partial charge in [0.15, 0.2) is 6.61 Å². The van der Waals surface area contributed by atoms with Crippen LogP contribution < -0.4 is 10.5 Å². The topological polar surface area (TPSA) is 35.2 Å². The molecule has 0 amide bonds. The molecular formula is C12H16F3NO. The Morgan fingerprint density at radius 3 is 2.29 bits per heavy atom. The molecule has 2 nitrogen and oxygen atoms in total. The highest BCUT2D eigenvalue weighted by Crippen LogP contribution is 2.19. The lowest BCUT2D eigenvalue weighted by atomic mass is 10.1. The van der Waals surface area contributed by atoms with Crippen molar-refractivity contribution < 1.29 is 17.9 Å². The van der Waals surface area contributed by atoms with Gasteiger partial charge in [-0.05, 0) is 37.5 Å². The van der Waals surface area contributed by atoms with E-state index in [1.54, 1.807) is 24.3 Å². The molecule has 5 heteroatoms. The number of benzene rings is 1. The van der Waals surface area contributed by atoms with Crippen LogP contribution in [0.4, 0.5) is 13.2 Å². The molecule has 0 bridgehead atoms. The first-order chi connectivity index (χ1) is 7.87. The Bertz CT molecular complexity index is 333. The fourth-order valence-electron chi connectivity index (χ4n) is 1.31. The highest BCUT2D eigenvalue weighted by Gasteiger charge is 2.28. The molecule has 0 aromatic heterocycles. The van der Waals surface area contributed by atoms with Crippen LogP contribution >= 0.6 is 0 Å². The van der Waals surface area contributed by atoms with Crippen molar-refractivity contribution in [3.8, 4) is 5.75 Å². The van der Waals surface area contributed by atoms with Gasteiger partial charge in [-0.2, -0.15) is 13.2 Å². The average Bonchev–Trinajstić information content (AvgIpc) is 2.24. The molecule has 2 N–H and O–H groups in total. The lowest BCUT2D eigenvalue weighted by Gasteiger charge is -2.10. The smallest absolute Gasteiger partial charge is 0.422 e. The maximum Gasteiger partial charge on any atom is 0.422 e. The van der Waals surface area contributed by atoms with Gasteiger partial charge in [0, 0.05) is 6.04 Å². The van der Waals surface area contributed by atoms with Gasteiger partial charge in [0.25, 0.3) is 0 Å². The standard InChI is InChI=1S/C12H16F3NO/c1-9(16)2-3-10-4-6-11(7-5-10)17-8-12(13,14)15/h4-7,9H,2-3,8,16H2,1H3. The summed E-state index contributed by atoms with van der Waals surface area (Å²) >= 11 is 0. The van der Waals surface area contributed by atoms with E-state index in [0.29, 0.717) is 0 Å². The van der Waals surface area contributed by atoms with Crippen LogP contribution in [0.5, 0.6) is 5.75 Å². The fraction of sp³-hybridized carbons (Fsp3) is 0.500. The number of ether oxygens (including phenoxy) is 1. The van der Waals surface area contributed by atoms with Crippen LogP contribution in [0.15, 0.2) is 24.3 Å². The Balaban J connectivity index is 2.45. The number of rotatable bonds is 5. The molecule has 0 saturated heterocycles. The summed E-state index contributed by atoms with van der Waals surface area (Å²) < 4.78 is 40.3. The van der Waals surface area contributed by atoms with E-state index in [1.807, 2.05) is 6.92 Å². The molecule has 0 fully saturated rings. The van der Waals surface area contributed by atoms with Crippen molar-refractivity contribution in [3.05, 3.63) is 29.8 Å². The second-order valence-electron chi connectivity index (χ2n) is 4.06. The van der Waals surface area contributed by atoms with Gasteiger partial charge in [0.05, 0.1) is 0 Å². The second-order valence-corrected chi connectivity index (χ2v) is 4.06. The molecule has 0 radical (unpaired) electrons. The summed E-state index contributed by atoms with van der Waals surface area (Å²) in [4.78, 5) is 0. The van der Waals surface area contributed by atoms with E-state index in [0.717, 1.165) is 18.4 Å². The Labute approximate surface area is 98.6 Å². The van der Waals surface area contributed by atoms with Crippen molar-refractivity contribution in [3.63, 3.8) is 0 Å². The lowest BCUT2D eigenvalue weighted by Crippen LogP contribution is -2.19. The van der Waals surface area contributed by atoms with Gasteiger partial charge >= 0.3 is 6.18 Å². The highest BCUT2D eigenvalue weighted by atomic mass is 19.4. The third kappa shape index (κ3) is 6.16. The monoisotopic (exact) mass is 247 g/mol. The van der Waals surface area contributed by atoms with Gasteiger partial charge in [-0.15, -0.1) is 0 Å². The third-order valence-corrected chi connectivity index (χ3v) is 2.21. The fourth-order valence-corrected chi connectivity index (χ4v) is 1.31. The van der Waals surface area contributed by atoms with Crippen molar-refractivity contribution in [1.29, 1.82) is 0 Å². The van der Waals surface area contributed by atoms with Gasteiger partial charge in [-0.3, -0.25) is 0 Å². The van der Waals surface area contributed by atoms with E-state index in [-0.39, 0.29) is 11.8 Å². The number of aryl methyl sites for hydroxylation is 1. The van der Waals surface area contributed by atoms with E-state index in [2.05, 4.69) is 4.74 Å². The first-order valence-electron chi connectivity index (χ1n) is 5.41. The first-order valence-corrected chi connectivity index (χ1v) is 5.41. The molecule has 0 spiro atoms. The molecule has 0 aliphatic carbocycles. The van der Waals surface area contributed by atoms with Crippen molar-refractivity contribution in [2.75, 3.05) is 6.61 Å². The first kappa shape index (κ1) is 13.8. The zero-order valence-electron chi connectivity index (χ0n) is 9.63. The zero-order valence-corrected chi connectivity index (χ0v) is 9.63. The molecule has 1 unspecified atom stereocenters. The van der Waals surface area contributed by atoms with Gasteiger partial charge < -0.3 is 10.5 Å². The highest BCUT2D eigenvalue weighted by molar-refractivity contribution is 5.27. The lowest BCUT2D eigenvalue weighted by molar-refractivity contribution is -0.153. The predicted octanol–water partition coefficient (Wildman–Crippen LogP) is 2.91. The Morgan fingerprint density at radius 2 is 1.82 bits per heavy atom. The minimum absolute atomic E-state index is 0.121. The summed E-state index contributed by atoms with van der Waals surface area (Å²) in [6.07, 6.45) is -2.63.